The molecular weight excluding hydrogens is 411 g/mol. The second-order valence-electron chi connectivity index (χ2n) is 7.05. The summed E-state index contributed by atoms with van der Waals surface area (Å²) < 4.78 is 14.9. The molecule has 0 saturated heterocycles. The first-order chi connectivity index (χ1) is 15.5. The number of nitrogens with one attached hydrogen (secondary N) is 2. The Morgan fingerprint density at radius 3 is 2.38 bits per heavy atom. The molecule has 7 nitrogen and oxygen atoms in total. The highest BCUT2D eigenvalue weighted by atomic mass is 19.1. The Balaban J connectivity index is 1.64. The van der Waals surface area contributed by atoms with E-state index in [4.69, 9.17) is 0 Å². The molecule has 2 amide bonds. The molecule has 0 aliphatic heterocycles. The lowest BCUT2D eigenvalue weighted by Gasteiger charge is -2.15. The molecule has 0 spiro atoms. The molecule has 0 radical (unpaired) electrons. The van der Waals surface area contributed by atoms with Gasteiger partial charge in [-0.3, -0.25) is 19.8 Å². The summed E-state index contributed by atoms with van der Waals surface area (Å²) in [6.45, 7) is 0.305. The van der Waals surface area contributed by atoms with Crippen LogP contribution in [0.1, 0.15) is 21.7 Å². The molecule has 2 N–H and O–H groups in total. The maximum atomic E-state index is 14.0. The van der Waals surface area contributed by atoms with Gasteiger partial charge in [-0.1, -0.05) is 54.6 Å². The number of amides is 2. The van der Waals surface area contributed by atoms with Crippen LogP contribution < -0.4 is 16.3 Å². The predicted molar refractivity (Wildman–Crippen MR) is 118 cm³/mol. The Morgan fingerprint density at radius 2 is 1.59 bits per heavy atom. The largest absolute Gasteiger partial charge is 0.352 e. The molecule has 0 atom stereocenters. The van der Waals surface area contributed by atoms with Crippen molar-refractivity contribution < 1.29 is 14.0 Å². The van der Waals surface area contributed by atoms with Crippen LogP contribution in [0, 0.1) is 5.82 Å². The summed E-state index contributed by atoms with van der Waals surface area (Å²) in [5.74, 6) is -1.91. The molecule has 0 bridgehead atoms. The van der Waals surface area contributed by atoms with E-state index in [1.54, 1.807) is 24.3 Å². The summed E-state index contributed by atoms with van der Waals surface area (Å²) in [5.41, 5.74) is 2.90. The van der Waals surface area contributed by atoms with Crippen LogP contribution in [0.5, 0.6) is 0 Å². The Labute approximate surface area is 182 Å². The van der Waals surface area contributed by atoms with Gasteiger partial charge in [-0.05, 0) is 29.8 Å². The molecular formula is C24H19FN4O3. The minimum absolute atomic E-state index is 0.0314. The topological polar surface area (TPSA) is 93.1 Å². The highest BCUT2D eigenvalue weighted by Crippen LogP contribution is 2.10. The van der Waals surface area contributed by atoms with Crippen LogP contribution in [0.25, 0.3) is 10.9 Å². The number of carbonyl (C=O) groups is 2. The first kappa shape index (κ1) is 20.9. The molecule has 3 aromatic carbocycles. The maximum Gasteiger partial charge on any atom is 0.280 e. The number of halogens is 1. The van der Waals surface area contributed by atoms with Crippen LogP contribution in [0.2, 0.25) is 0 Å². The fourth-order valence-corrected chi connectivity index (χ4v) is 3.22. The van der Waals surface area contributed by atoms with E-state index in [9.17, 15) is 18.8 Å². The molecule has 0 unspecified atom stereocenters. The zero-order valence-electron chi connectivity index (χ0n) is 16.9. The third-order valence-corrected chi connectivity index (χ3v) is 4.83. The maximum absolute atomic E-state index is 14.0. The molecule has 1 aromatic heterocycles. The van der Waals surface area contributed by atoms with Gasteiger partial charge in [0.15, 0.2) is 0 Å². The Morgan fingerprint density at radius 1 is 0.906 bits per heavy atom. The molecule has 8 heteroatoms. The van der Waals surface area contributed by atoms with Gasteiger partial charge in [0.2, 0.25) is 5.91 Å². The lowest BCUT2D eigenvalue weighted by molar-refractivity contribution is -0.120. The fraction of sp³-hybridized carbons (Fsp3) is 0.0833. The van der Waals surface area contributed by atoms with E-state index in [0.29, 0.717) is 12.1 Å². The van der Waals surface area contributed by atoms with E-state index in [1.807, 2.05) is 30.3 Å². The molecule has 32 heavy (non-hydrogen) atoms. The van der Waals surface area contributed by atoms with Gasteiger partial charge in [0, 0.05) is 6.54 Å². The van der Waals surface area contributed by atoms with Crippen LogP contribution in [-0.2, 0) is 17.8 Å². The van der Waals surface area contributed by atoms with E-state index >= 15 is 0 Å². The van der Waals surface area contributed by atoms with Crippen LogP contribution in [0.3, 0.4) is 0 Å². The predicted octanol–water partition coefficient (Wildman–Crippen LogP) is 2.78. The summed E-state index contributed by atoms with van der Waals surface area (Å²) in [5, 5.41) is 3.03. The van der Waals surface area contributed by atoms with E-state index in [0.717, 1.165) is 16.3 Å². The van der Waals surface area contributed by atoms with E-state index in [1.165, 1.54) is 18.2 Å². The van der Waals surface area contributed by atoms with Crippen molar-refractivity contribution in [2.45, 2.75) is 13.0 Å². The number of aromatic nitrogens is 2. The average Bonchev–Trinajstić information content (AvgIpc) is 2.81. The lowest BCUT2D eigenvalue weighted by Crippen LogP contribution is -2.38. The van der Waals surface area contributed by atoms with Crippen LogP contribution in [0.15, 0.2) is 83.7 Å². The molecule has 0 aliphatic carbocycles. The number of para-hydroxylation sites is 1. The van der Waals surface area contributed by atoms with Crippen molar-refractivity contribution in [3.63, 3.8) is 0 Å². The van der Waals surface area contributed by atoms with Crippen molar-refractivity contribution in [2.75, 3.05) is 5.43 Å². The number of rotatable bonds is 6. The van der Waals surface area contributed by atoms with Crippen molar-refractivity contribution >= 4 is 22.7 Å². The summed E-state index contributed by atoms with van der Waals surface area (Å²) >= 11 is 0. The normalized spacial score (nSPS) is 10.7. The van der Waals surface area contributed by atoms with Crippen molar-refractivity contribution in [2.24, 2.45) is 0 Å². The fourth-order valence-electron chi connectivity index (χ4n) is 3.22. The standard InChI is InChI=1S/C24H19FN4O3/c25-19-12-6-4-10-17(19)23(31)28-29-21(27-20-13-7-5-11-18(20)24(29)32)14-22(30)26-15-16-8-2-1-3-9-16/h1-13H,14-15H2,(H,26,30)(H,28,31). The van der Waals surface area contributed by atoms with Gasteiger partial charge in [-0.2, -0.15) is 0 Å². The second kappa shape index (κ2) is 9.22. The zero-order chi connectivity index (χ0) is 22.5. The van der Waals surface area contributed by atoms with Gasteiger partial charge in [0.1, 0.15) is 11.6 Å². The van der Waals surface area contributed by atoms with Crippen LogP contribution in [-0.4, -0.2) is 21.5 Å². The molecule has 0 fully saturated rings. The quantitative estimate of drug-likeness (QED) is 0.492. The number of fused-ring (bicyclic) bond motifs is 1. The lowest BCUT2D eigenvalue weighted by atomic mass is 10.2. The van der Waals surface area contributed by atoms with Gasteiger partial charge < -0.3 is 5.32 Å². The molecule has 0 saturated carbocycles. The molecule has 0 aliphatic rings. The highest BCUT2D eigenvalue weighted by molar-refractivity contribution is 6.00. The number of benzene rings is 3. The zero-order valence-corrected chi connectivity index (χ0v) is 16.9. The summed E-state index contributed by atoms with van der Waals surface area (Å²) in [4.78, 5) is 42.6. The van der Waals surface area contributed by atoms with Gasteiger partial charge in [0.25, 0.3) is 11.5 Å². The third-order valence-electron chi connectivity index (χ3n) is 4.83. The average molecular weight is 430 g/mol. The monoisotopic (exact) mass is 430 g/mol. The minimum atomic E-state index is -0.826. The van der Waals surface area contributed by atoms with Crippen LogP contribution in [0.4, 0.5) is 4.39 Å². The number of hydrogen-bond donors (Lipinski definition) is 2. The Hall–Kier alpha value is -4.33. The number of hydrogen-bond acceptors (Lipinski definition) is 4. The highest BCUT2D eigenvalue weighted by Gasteiger charge is 2.18. The number of carbonyl (C=O) groups excluding carboxylic acids is 2. The molecule has 1 heterocycles. The Bertz CT molecular complexity index is 1350. The van der Waals surface area contributed by atoms with Gasteiger partial charge >= 0.3 is 0 Å². The summed E-state index contributed by atoms with van der Waals surface area (Å²) in [7, 11) is 0. The smallest absolute Gasteiger partial charge is 0.280 e. The molecule has 160 valence electrons. The van der Waals surface area contributed by atoms with Crippen molar-refractivity contribution in [1.29, 1.82) is 0 Å². The summed E-state index contributed by atoms with van der Waals surface area (Å²) in [6, 6.07) is 21.4. The van der Waals surface area contributed by atoms with Gasteiger partial charge in [0.05, 0.1) is 22.9 Å². The SMILES string of the molecule is O=C(Cc1nc2ccccc2c(=O)n1NC(=O)c1ccccc1F)NCc1ccccc1. The van der Waals surface area contributed by atoms with Gasteiger partial charge in [-0.25, -0.2) is 14.1 Å². The van der Waals surface area contributed by atoms with E-state index in [-0.39, 0.29) is 29.1 Å². The summed E-state index contributed by atoms with van der Waals surface area (Å²) in [6.07, 6.45) is -0.259. The van der Waals surface area contributed by atoms with Gasteiger partial charge in [-0.15, -0.1) is 0 Å². The Kier molecular flexibility index (Phi) is 6.03. The molecule has 4 aromatic rings. The van der Waals surface area contributed by atoms with Crippen LogP contribution >= 0.6 is 0 Å². The van der Waals surface area contributed by atoms with Crippen molar-refractivity contribution in [1.82, 2.24) is 15.0 Å². The van der Waals surface area contributed by atoms with Crippen molar-refractivity contribution in [3.05, 3.63) is 112 Å². The van der Waals surface area contributed by atoms with E-state index in [2.05, 4.69) is 15.7 Å². The van der Waals surface area contributed by atoms with Crippen molar-refractivity contribution in [3.8, 4) is 0 Å². The third kappa shape index (κ3) is 4.54. The minimum Gasteiger partial charge on any atom is -0.352 e. The molecule has 4 rings (SSSR count). The number of nitrogens with zero attached hydrogens (tertiary/aromatic N) is 2. The second-order valence-corrected chi connectivity index (χ2v) is 7.05. The first-order valence-corrected chi connectivity index (χ1v) is 9.90. The first-order valence-electron chi connectivity index (χ1n) is 9.90. The van der Waals surface area contributed by atoms with E-state index < -0.39 is 17.3 Å².